The second-order valence-corrected chi connectivity index (χ2v) is 11.5. The van der Waals surface area contributed by atoms with Gasteiger partial charge in [0, 0.05) is 5.39 Å². The van der Waals surface area contributed by atoms with Gasteiger partial charge in [0.15, 0.2) is 5.58 Å². The highest BCUT2D eigenvalue weighted by Gasteiger charge is 2.23. The van der Waals surface area contributed by atoms with Gasteiger partial charge in [0.1, 0.15) is 5.58 Å². The van der Waals surface area contributed by atoms with Crippen LogP contribution in [-0.2, 0) is 0 Å². The Balaban J connectivity index is 1.27. The molecule has 5 aromatic heterocycles. The fourth-order valence-electron chi connectivity index (χ4n) is 7.35. The first-order valence-corrected chi connectivity index (χ1v) is 15.0. The van der Waals surface area contributed by atoms with Crippen LogP contribution in [0.1, 0.15) is 0 Å². The fourth-order valence-corrected chi connectivity index (χ4v) is 7.35. The largest absolute Gasteiger partial charge is 0.454 e. The number of rotatable bonds is 2. The van der Waals surface area contributed by atoms with Gasteiger partial charge in [-0.15, -0.1) is 0 Å². The van der Waals surface area contributed by atoms with Crippen molar-refractivity contribution in [3.05, 3.63) is 133 Å². The predicted molar refractivity (Wildman–Crippen MR) is 180 cm³/mol. The molecule has 7 nitrogen and oxygen atoms in total. The van der Waals surface area contributed by atoms with E-state index in [1.807, 2.05) is 12.1 Å². The van der Waals surface area contributed by atoms with E-state index in [-0.39, 0.29) is 0 Å². The van der Waals surface area contributed by atoms with Crippen LogP contribution in [-0.4, -0.2) is 27.9 Å². The van der Waals surface area contributed by atoms with Gasteiger partial charge in [-0.2, -0.15) is 0 Å². The highest BCUT2D eigenvalue weighted by Crippen LogP contribution is 2.40. The molecule has 6 aromatic carbocycles. The van der Waals surface area contributed by atoms with Gasteiger partial charge in [0.05, 0.1) is 60.9 Å². The smallest absolute Gasteiger partial charge is 0.220 e. The Hall–Kier alpha value is -6.34. The number of aromatic nitrogens is 6. The molecule has 0 saturated heterocycles. The summed E-state index contributed by atoms with van der Waals surface area (Å²) < 4.78 is 15.8. The van der Waals surface area contributed by atoms with E-state index in [1.165, 1.54) is 0 Å². The Morgan fingerprint density at radius 1 is 0.422 bits per heavy atom. The van der Waals surface area contributed by atoms with Crippen molar-refractivity contribution in [3.63, 3.8) is 0 Å². The molecule has 0 unspecified atom stereocenters. The van der Waals surface area contributed by atoms with Crippen molar-refractivity contribution < 1.29 is 4.42 Å². The maximum atomic E-state index is 6.80. The van der Waals surface area contributed by atoms with Gasteiger partial charge in [-0.1, -0.05) is 66.7 Å². The van der Waals surface area contributed by atoms with Crippen LogP contribution in [0.5, 0.6) is 0 Å². The second kappa shape index (κ2) is 8.18. The Morgan fingerprint density at radius 3 is 1.53 bits per heavy atom. The van der Waals surface area contributed by atoms with E-state index in [0.717, 1.165) is 89.0 Å². The van der Waals surface area contributed by atoms with E-state index in [9.17, 15) is 0 Å². The molecule has 0 spiro atoms. The molecular formula is C38H22N6O. The van der Waals surface area contributed by atoms with Gasteiger partial charge in [-0.05, 0) is 66.7 Å². The maximum Gasteiger partial charge on any atom is 0.220 e. The normalized spacial score (nSPS) is 12.4. The zero-order chi connectivity index (χ0) is 29.2. The lowest BCUT2D eigenvalue weighted by molar-refractivity contribution is 0.666. The summed E-state index contributed by atoms with van der Waals surface area (Å²) in [5.41, 5.74) is 12.1. The monoisotopic (exact) mass is 578 g/mol. The van der Waals surface area contributed by atoms with Crippen molar-refractivity contribution in [2.75, 3.05) is 0 Å². The number of nitrogens with zero attached hydrogens (tertiary/aromatic N) is 6. The summed E-state index contributed by atoms with van der Waals surface area (Å²) in [6.45, 7) is 0. The molecule has 0 bridgehead atoms. The minimum absolute atomic E-state index is 0.816. The lowest BCUT2D eigenvalue weighted by Crippen LogP contribution is -1.96. The topological polar surface area (TPSA) is 57.6 Å². The summed E-state index contributed by atoms with van der Waals surface area (Å²) in [4.78, 5) is 10.2. The molecule has 0 radical (unpaired) electrons. The van der Waals surface area contributed by atoms with Crippen molar-refractivity contribution in [1.82, 2.24) is 27.9 Å². The van der Waals surface area contributed by atoms with E-state index >= 15 is 0 Å². The SMILES string of the molecule is c1ccc2c(c1)nc1n(-c3cccc4c3oc3cccc(-n5c6ccccc6n6c7ccccc7nc56)c34)c3ccccc3n21. The van der Waals surface area contributed by atoms with E-state index < -0.39 is 0 Å². The standard InChI is InChI=1S/C38H22N6O/c1-3-14-26-24(12-1)39-37-41(26)28-16-5-7-18-30(28)43(37)32-20-10-22-34-35(32)23-11-9-21-33(36(23)45-34)44-31-19-8-6-17-29(31)42-27-15-4-2-13-25(27)40-38(42)44/h1-22H. The van der Waals surface area contributed by atoms with Crippen LogP contribution >= 0.6 is 0 Å². The number of para-hydroxylation sites is 9. The van der Waals surface area contributed by atoms with Crippen LogP contribution in [0.3, 0.4) is 0 Å². The zero-order valence-corrected chi connectivity index (χ0v) is 23.8. The number of hydrogen-bond donors (Lipinski definition) is 0. The van der Waals surface area contributed by atoms with Crippen LogP contribution in [0, 0.1) is 0 Å². The molecule has 210 valence electrons. The summed E-state index contributed by atoms with van der Waals surface area (Å²) in [6.07, 6.45) is 0. The van der Waals surface area contributed by atoms with Crippen molar-refractivity contribution in [2.24, 2.45) is 0 Å². The highest BCUT2D eigenvalue weighted by molar-refractivity contribution is 6.13. The quantitative estimate of drug-likeness (QED) is 0.206. The third kappa shape index (κ3) is 2.85. The number of fused-ring (bicyclic) bond motifs is 13. The van der Waals surface area contributed by atoms with Crippen LogP contribution in [0.4, 0.5) is 0 Å². The molecule has 0 saturated carbocycles. The Morgan fingerprint density at radius 2 is 0.911 bits per heavy atom. The van der Waals surface area contributed by atoms with Gasteiger partial charge in [-0.3, -0.25) is 17.9 Å². The van der Waals surface area contributed by atoms with E-state index in [4.69, 9.17) is 14.4 Å². The number of imidazole rings is 4. The summed E-state index contributed by atoms with van der Waals surface area (Å²) in [7, 11) is 0. The minimum atomic E-state index is 0.816. The van der Waals surface area contributed by atoms with Crippen molar-refractivity contribution in [2.45, 2.75) is 0 Å². The van der Waals surface area contributed by atoms with Crippen molar-refractivity contribution in [3.8, 4) is 11.4 Å². The van der Waals surface area contributed by atoms with E-state index in [0.29, 0.717) is 0 Å². The molecule has 11 aromatic rings. The van der Waals surface area contributed by atoms with E-state index in [1.54, 1.807) is 0 Å². The molecule has 0 aliphatic rings. The molecule has 45 heavy (non-hydrogen) atoms. The van der Waals surface area contributed by atoms with Gasteiger partial charge in [0.2, 0.25) is 11.6 Å². The molecule has 7 heteroatoms. The molecule has 0 N–H and O–H groups in total. The highest BCUT2D eigenvalue weighted by atomic mass is 16.3. The maximum absolute atomic E-state index is 6.80. The van der Waals surface area contributed by atoms with Crippen molar-refractivity contribution >= 4 is 77.6 Å². The van der Waals surface area contributed by atoms with Crippen molar-refractivity contribution in [1.29, 1.82) is 0 Å². The molecule has 0 fully saturated rings. The average molecular weight is 579 g/mol. The van der Waals surface area contributed by atoms with Crippen LogP contribution in [0.15, 0.2) is 138 Å². The Bertz CT molecular complexity index is 3000. The lowest BCUT2D eigenvalue weighted by Gasteiger charge is -2.08. The predicted octanol–water partition coefficient (Wildman–Crippen LogP) is 9.08. The minimum Gasteiger partial charge on any atom is -0.454 e. The van der Waals surface area contributed by atoms with Crippen LogP contribution in [0.25, 0.3) is 89.0 Å². The van der Waals surface area contributed by atoms with Gasteiger partial charge in [-0.25, -0.2) is 9.97 Å². The summed E-state index contributed by atoms with van der Waals surface area (Å²) in [5.74, 6) is 1.73. The summed E-state index contributed by atoms with van der Waals surface area (Å²) >= 11 is 0. The second-order valence-electron chi connectivity index (χ2n) is 11.5. The molecule has 5 heterocycles. The van der Waals surface area contributed by atoms with Gasteiger partial charge < -0.3 is 4.42 Å². The van der Waals surface area contributed by atoms with Gasteiger partial charge >= 0.3 is 0 Å². The van der Waals surface area contributed by atoms with Crippen LogP contribution in [0.2, 0.25) is 0 Å². The first-order chi connectivity index (χ1) is 22.3. The molecule has 0 aliphatic carbocycles. The Labute approximate surface area is 254 Å². The lowest BCUT2D eigenvalue weighted by atomic mass is 10.1. The van der Waals surface area contributed by atoms with Crippen LogP contribution < -0.4 is 0 Å². The first kappa shape index (κ1) is 23.2. The molecule has 0 aliphatic heterocycles. The fraction of sp³-hybridized carbons (Fsp3) is 0. The number of furan rings is 1. The molecular weight excluding hydrogens is 556 g/mol. The molecule has 0 atom stereocenters. The third-order valence-electron chi connectivity index (χ3n) is 9.17. The summed E-state index contributed by atoms with van der Waals surface area (Å²) in [6, 6.07) is 46.3. The number of hydrogen-bond acceptors (Lipinski definition) is 3. The molecule has 0 amide bonds. The Kier molecular flexibility index (Phi) is 4.21. The number of benzene rings is 6. The van der Waals surface area contributed by atoms with Gasteiger partial charge in [0.25, 0.3) is 0 Å². The average Bonchev–Trinajstić information content (AvgIpc) is 3.87. The summed E-state index contributed by atoms with van der Waals surface area (Å²) in [5, 5.41) is 2.09. The van der Waals surface area contributed by atoms with E-state index in [2.05, 4.69) is 139 Å². The third-order valence-corrected chi connectivity index (χ3v) is 9.17. The molecule has 11 rings (SSSR count). The first-order valence-electron chi connectivity index (χ1n) is 15.0. The zero-order valence-electron chi connectivity index (χ0n) is 23.8.